The van der Waals surface area contributed by atoms with E-state index in [0.717, 1.165) is 57.3 Å². The molecule has 0 N–H and O–H groups in total. The van der Waals surface area contributed by atoms with Gasteiger partial charge in [0.1, 0.15) is 11.9 Å². The SMILES string of the molecule is CCn1ncc2cc(-c3ncc4c(ccn4CC4CCCC4)c3-c3ccc(C#N)c(F)c3)ccc21. The summed E-state index contributed by atoms with van der Waals surface area (Å²) in [5.74, 6) is 0.177. The average Bonchev–Trinajstić information content (AvgIpc) is 3.63. The lowest BCUT2D eigenvalue weighted by Gasteiger charge is -2.15. The molecule has 1 aliphatic carbocycles. The van der Waals surface area contributed by atoms with E-state index in [1.807, 2.05) is 29.2 Å². The van der Waals surface area contributed by atoms with Crippen molar-refractivity contribution in [2.75, 3.05) is 0 Å². The van der Waals surface area contributed by atoms with E-state index >= 15 is 0 Å². The molecule has 0 atom stereocenters. The predicted molar refractivity (Wildman–Crippen MR) is 136 cm³/mol. The highest BCUT2D eigenvalue weighted by molar-refractivity contribution is 6.02. The van der Waals surface area contributed by atoms with Crippen molar-refractivity contribution in [3.63, 3.8) is 0 Å². The van der Waals surface area contributed by atoms with E-state index in [2.05, 4.69) is 47.1 Å². The highest BCUT2D eigenvalue weighted by Crippen LogP contribution is 2.39. The summed E-state index contributed by atoms with van der Waals surface area (Å²) in [4.78, 5) is 4.93. The van der Waals surface area contributed by atoms with Crippen molar-refractivity contribution in [3.8, 4) is 28.5 Å². The molecule has 5 aromatic rings. The quantitative estimate of drug-likeness (QED) is 0.284. The molecule has 0 amide bonds. The van der Waals surface area contributed by atoms with Crippen molar-refractivity contribution < 1.29 is 4.39 Å². The van der Waals surface area contributed by atoms with Crippen LogP contribution in [0.15, 0.2) is 61.1 Å². The Morgan fingerprint density at radius 1 is 1.03 bits per heavy atom. The minimum Gasteiger partial charge on any atom is -0.346 e. The molecular formula is C29H26FN5. The maximum absolute atomic E-state index is 14.7. The van der Waals surface area contributed by atoms with Gasteiger partial charge in [0.15, 0.2) is 0 Å². The molecule has 1 fully saturated rings. The van der Waals surface area contributed by atoms with Crippen LogP contribution in [0.4, 0.5) is 4.39 Å². The van der Waals surface area contributed by atoms with Crippen molar-refractivity contribution >= 4 is 21.8 Å². The molecule has 2 aromatic carbocycles. The van der Waals surface area contributed by atoms with Crippen molar-refractivity contribution in [2.24, 2.45) is 5.92 Å². The molecule has 35 heavy (non-hydrogen) atoms. The number of aryl methyl sites for hydroxylation is 1. The number of aromatic nitrogens is 4. The number of fused-ring (bicyclic) bond motifs is 2. The first-order chi connectivity index (χ1) is 17.2. The summed E-state index contributed by atoms with van der Waals surface area (Å²) in [5.41, 5.74) is 5.54. The molecule has 0 saturated heterocycles. The van der Waals surface area contributed by atoms with E-state index in [0.29, 0.717) is 5.92 Å². The number of hydrogen-bond donors (Lipinski definition) is 0. The first-order valence-electron chi connectivity index (χ1n) is 12.3. The second-order valence-corrected chi connectivity index (χ2v) is 9.44. The number of halogens is 1. The van der Waals surface area contributed by atoms with Crippen LogP contribution in [0, 0.1) is 23.1 Å². The molecule has 0 bridgehead atoms. The average molecular weight is 464 g/mol. The Hall–Kier alpha value is -3.98. The van der Waals surface area contributed by atoms with Crippen LogP contribution in [0.5, 0.6) is 0 Å². The van der Waals surface area contributed by atoms with Gasteiger partial charge in [-0.15, -0.1) is 0 Å². The molecule has 6 rings (SSSR count). The molecule has 3 aromatic heterocycles. The number of rotatable bonds is 5. The van der Waals surface area contributed by atoms with Crippen LogP contribution in [0.1, 0.15) is 38.2 Å². The van der Waals surface area contributed by atoms with Gasteiger partial charge in [0.25, 0.3) is 0 Å². The van der Waals surface area contributed by atoms with Gasteiger partial charge in [-0.2, -0.15) is 10.4 Å². The molecule has 3 heterocycles. The van der Waals surface area contributed by atoms with Gasteiger partial charge in [-0.05, 0) is 61.6 Å². The molecule has 6 heteroatoms. The van der Waals surface area contributed by atoms with Crippen LogP contribution in [-0.4, -0.2) is 19.3 Å². The minimum absolute atomic E-state index is 0.0441. The first-order valence-corrected chi connectivity index (χ1v) is 12.3. The third-order valence-electron chi connectivity index (χ3n) is 7.35. The standard InChI is InChI=1S/C29H26FN5/c1-2-35-26-10-9-21(13-23(26)16-33-35)29-28(20-7-8-22(15-31)25(30)14-20)24-11-12-34(27(24)17-32-29)18-19-5-3-4-6-19/h7-14,16-17,19H,2-6,18H2,1H3. The predicted octanol–water partition coefficient (Wildman–Crippen LogP) is 6.94. The maximum atomic E-state index is 14.7. The van der Waals surface area contributed by atoms with Gasteiger partial charge in [0.05, 0.1) is 34.7 Å². The highest BCUT2D eigenvalue weighted by atomic mass is 19.1. The Balaban J connectivity index is 1.55. The van der Waals surface area contributed by atoms with Gasteiger partial charge in [0, 0.05) is 41.2 Å². The van der Waals surface area contributed by atoms with Crippen molar-refractivity contribution in [3.05, 3.63) is 72.4 Å². The van der Waals surface area contributed by atoms with Crippen LogP contribution in [0.3, 0.4) is 0 Å². The largest absolute Gasteiger partial charge is 0.346 e. The van der Waals surface area contributed by atoms with E-state index in [-0.39, 0.29) is 5.56 Å². The fourth-order valence-electron chi connectivity index (χ4n) is 5.55. The zero-order chi connectivity index (χ0) is 23.9. The molecular weight excluding hydrogens is 437 g/mol. The number of nitriles is 1. The monoisotopic (exact) mass is 463 g/mol. The Labute approximate surface area is 203 Å². The third-order valence-corrected chi connectivity index (χ3v) is 7.35. The second-order valence-electron chi connectivity index (χ2n) is 9.44. The van der Waals surface area contributed by atoms with E-state index in [9.17, 15) is 9.65 Å². The molecule has 0 aliphatic heterocycles. The molecule has 174 valence electrons. The van der Waals surface area contributed by atoms with E-state index in [4.69, 9.17) is 4.98 Å². The normalized spacial score (nSPS) is 14.2. The van der Waals surface area contributed by atoms with Crippen LogP contribution in [-0.2, 0) is 13.1 Å². The van der Waals surface area contributed by atoms with Crippen molar-refractivity contribution in [2.45, 2.75) is 45.7 Å². The lowest BCUT2D eigenvalue weighted by atomic mass is 9.95. The molecule has 0 spiro atoms. The van der Waals surface area contributed by atoms with Crippen molar-refractivity contribution in [1.29, 1.82) is 5.26 Å². The van der Waals surface area contributed by atoms with Crippen LogP contribution < -0.4 is 0 Å². The molecule has 0 unspecified atom stereocenters. The zero-order valence-electron chi connectivity index (χ0n) is 19.7. The summed E-state index contributed by atoms with van der Waals surface area (Å²) >= 11 is 0. The van der Waals surface area contributed by atoms with Gasteiger partial charge < -0.3 is 4.57 Å². The van der Waals surface area contributed by atoms with Crippen LogP contribution in [0.2, 0.25) is 0 Å². The minimum atomic E-state index is -0.516. The Bertz CT molecular complexity index is 1600. The molecule has 1 aliphatic rings. The number of benzene rings is 2. The summed E-state index contributed by atoms with van der Waals surface area (Å²) in [5, 5.41) is 15.8. The Morgan fingerprint density at radius 3 is 2.63 bits per heavy atom. The second kappa shape index (κ2) is 8.66. The molecule has 5 nitrogen and oxygen atoms in total. The number of hydrogen-bond acceptors (Lipinski definition) is 3. The smallest absolute Gasteiger partial charge is 0.141 e. The Morgan fingerprint density at radius 2 is 1.86 bits per heavy atom. The van der Waals surface area contributed by atoms with Gasteiger partial charge in [0.2, 0.25) is 0 Å². The van der Waals surface area contributed by atoms with Gasteiger partial charge in [-0.1, -0.05) is 25.0 Å². The van der Waals surface area contributed by atoms with Crippen LogP contribution >= 0.6 is 0 Å². The zero-order valence-corrected chi connectivity index (χ0v) is 19.7. The third kappa shape index (κ3) is 3.68. The molecule has 1 saturated carbocycles. The summed E-state index contributed by atoms with van der Waals surface area (Å²) < 4.78 is 19.0. The van der Waals surface area contributed by atoms with Gasteiger partial charge in [-0.3, -0.25) is 9.67 Å². The highest BCUT2D eigenvalue weighted by Gasteiger charge is 2.20. The Kier molecular flexibility index (Phi) is 5.33. The van der Waals surface area contributed by atoms with E-state index < -0.39 is 5.82 Å². The first kappa shape index (κ1) is 21.5. The topological polar surface area (TPSA) is 59.4 Å². The fraction of sp³-hybridized carbons (Fsp3) is 0.276. The van der Waals surface area contributed by atoms with E-state index in [1.165, 1.54) is 31.7 Å². The number of pyridine rings is 1. The molecule has 0 radical (unpaired) electrons. The lowest BCUT2D eigenvalue weighted by Crippen LogP contribution is -2.06. The lowest BCUT2D eigenvalue weighted by molar-refractivity contribution is 0.466. The number of nitrogens with zero attached hydrogens (tertiary/aromatic N) is 5. The van der Waals surface area contributed by atoms with E-state index in [1.54, 1.807) is 6.07 Å². The summed E-state index contributed by atoms with van der Waals surface area (Å²) in [7, 11) is 0. The van der Waals surface area contributed by atoms with Crippen LogP contribution in [0.25, 0.3) is 44.2 Å². The fourth-order valence-corrected chi connectivity index (χ4v) is 5.55. The van der Waals surface area contributed by atoms with Gasteiger partial charge >= 0.3 is 0 Å². The summed E-state index contributed by atoms with van der Waals surface area (Å²) in [6.45, 7) is 3.86. The van der Waals surface area contributed by atoms with Crippen molar-refractivity contribution in [1.82, 2.24) is 19.3 Å². The summed E-state index contributed by atoms with van der Waals surface area (Å²) in [6.07, 6.45) is 11.1. The summed E-state index contributed by atoms with van der Waals surface area (Å²) in [6, 6.07) is 15.1. The van der Waals surface area contributed by atoms with Gasteiger partial charge in [-0.25, -0.2) is 4.39 Å². The maximum Gasteiger partial charge on any atom is 0.141 e.